The summed E-state index contributed by atoms with van der Waals surface area (Å²) < 4.78 is 5.29. The number of carbonyl (C=O) groups is 1. The maximum Gasteiger partial charge on any atom is 0.253 e. The van der Waals surface area contributed by atoms with Gasteiger partial charge in [-0.3, -0.25) is 14.9 Å². The lowest BCUT2D eigenvalue weighted by Gasteiger charge is -2.12. The first kappa shape index (κ1) is 23.4. The van der Waals surface area contributed by atoms with Crippen molar-refractivity contribution in [2.24, 2.45) is 4.99 Å². The van der Waals surface area contributed by atoms with Gasteiger partial charge in [0, 0.05) is 33.3 Å². The molecule has 3 N–H and O–H groups in total. The summed E-state index contributed by atoms with van der Waals surface area (Å²) in [6.07, 6.45) is 2.35. The molecule has 2 heterocycles. The monoisotopic (exact) mass is 523 g/mol. The van der Waals surface area contributed by atoms with Gasteiger partial charge < -0.3 is 20.0 Å². The van der Waals surface area contributed by atoms with Crippen LogP contribution in [0.4, 0.5) is 0 Å². The molecule has 0 spiro atoms. The van der Waals surface area contributed by atoms with Gasteiger partial charge in [0.05, 0.1) is 12.8 Å². The summed E-state index contributed by atoms with van der Waals surface area (Å²) in [5.41, 5.74) is 1.77. The lowest BCUT2D eigenvalue weighted by Crippen LogP contribution is -2.38. The quantitative estimate of drug-likeness (QED) is 0.249. The highest BCUT2D eigenvalue weighted by molar-refractivity contribution is 14.0. The summed E-state index contributed by atoms with van der Waals surface area (Å²) in [6, 6.07) is 11.3. The minimum Gasteiger partial charge on any atom is -0.461 e. The summed E-state index contributed by atoms with van der Waals surface area (Å²) in [5, 5.41) is 13.5. The average molecular weight is 523 g/mol. The molecule has 0 aliphatic carbocycles. The lowest BCUT2D eigenvalue weighted by molar-refractivity contribution is 0.0827. The maximum atomic E-state index is 12.1. The van der Waals surface area contributed by atoms with E-state index in [0.29, 0.717) is 42.0 Å². The molecule has 30 heavy (non-hydrogen) atoms. The van der Waals surface area contributed by atoms with Gasteiger partial charge in [-0.05, 0) is 36.2 Å². The topological polar surface area (TPSA) is 111 Å². The van der Waals surface area contributed by atoms with Crippen LogP contribution in [0.3, 0.4) is 0 Å². The average Bonchev–Trinajstić information content (AvgIpc) is 3.41. The van der Waals surface area contributed by atoms with Crippen molar-refractivity contribution in [1.29, 1.82) is 0 Å². The van der Waals surface area contributed by atoms with E-state index in [0.717, 1.165) is 12.0 Å². The highest BCUT2D eigenvalue weighted by atomic mass is 127. The van der Waals surface area contributed by atoms with E-state index in [-0.39, 0.29) is 29.9 Å². The molecule has 0 fully saturated rings. The van der Waals surface area contributed by atoms with E-state index in [2.05, 4.69) is 30.8 Å². The Morgan fingerprint density at radius 2 is 2.07 bits per heavy atom. The number of aliphatic imine (C=N–C) groups is 1. The molecule has 0 unspecified atom stereocenters. The predicted octanol–water partition coefficient (Wildman–Crippen LogP) is 2.29. The number of furan rings is 1. The standard InChI is InChI=1S/C20H25N7O2.HI/c1-21-20(23-13-17-24-18(26-25-17)16-8-5-11-29-16)22-10-9-14-6-4-7-15(12-14)19(28)27(2)3;/h4-8,11-12H,9-10,13H2,1-3H3,(H2,21,22,23)(H,24,25,26);1H. The number of carbonyl (C=O) groups excluding carboxylic acids is 1. The fourth-order valence-electron chi connectivity index (χ4n) is 2.72. The van der Waals surface area contributed by atoms with Crippen molar-refractivity contribution >= 4 is 35.8 Å². The second kappa shape index (κ2) is 11.3. The third-order valence-corrected chi connectivity index (χ3v) is 4.21. The zero-order valence-corrected chi connectivity index (χ0v) is 19.5. The largest absolute Gasteiger partial charge is 0.461 e. The minimum atomic E-state index is -0.00161. The van der Waals surface area contributed by atoms with Crippen LogP contribution in [0.1, 0.15) is 21.7 Å². The van der Waals surface area contributed by atoms with Gasteiger partial charge >= 0.3 is 0 Å². The number of hydrogen-bond donors (Lipinski definition) is 3. The number of benzene rings is 1. The van der Waals surface area contributed by atoms with E-state index < -0.39 is 0 Å². The number of amides is 1. The zero-order chi connectivity index (χ0) is 20.6. The molecule has 160 valence electrons. The van der Waals surface area contributed by atoms with Crippen molar-refractivity contribution in [3.8, 4) is 11.6 Å². The molecule has 2 aromatic heterocycles. The van der Waals surface area contributed by atoms with Crippen molar-refractivity contribution in [1.82, 2.24) is 30.7 Å². The van der Waals surface area contributed by atoms with E-state index >= 15 is 0 Å². The number of halogens is 1. The first-order valence-electron chi connectivity index (χ1n) is 9.27. The zero-order valence-electron chi connectivity index (χ0n) is 17.2. The molecule has 0 radical (unpaired) electrons. The van der Waals surface area contributed by atoms with Crippen LogP contribution < -0.4 is 10.6 Å². The minimum absolute atomic E-state index is 0. The van der Waals surface area contributed by atoms with Crippen molar-refractivity contribution in [3.05, 3.63) is 59.6 Å². The number of aromatic nitrogens is 3. The summed E-state index contributed by atoms with van der Waals surface area (Å²) >= 11 is 0. The number of guanidine groups is 1. The normalized spacial score (nSPS) is 11.0. The Kier molecular flexibility index (Phi) is 8.84. The van der Waals surface area contributed by atoms with Crippen LogP contribution in [0.2, 0.25) is 0 Å². The summed E-state index contributed by atoms with van der Waals surface area (Å²) in [5.74, 6) is 2.46. The van der Waals surface area contributed by atoms with Crippen LogP contribution in [-0.2, 0) is 13.0 Å². The number of nitrogens with zero attached hydrogens (tertiary/aromatic N) is 4. The van der Waals surface area contributed by atoms with Gasteiger partial charge in [0.25, 0.3) is 5.91 Å². The Morgan fingerprint density at radius 1 is 1.23 bits per heavy atom. The second-order valence-electron chi connectivity index (χ2n) is 6.59. The molecule has 0 aliphatic rings. The molecule has 0 saturated carbocycles. The van der Waals surface area contributed by atoms with Gasteiger partial charge in [0.1, 0.15) is 5.82 Å². The number of hydrogen-bond acceptors (Lipinski definition) is 5. The van der Waals surface area contributed by atoms with E-state index in [9.17, 15) is 4.79 Å². The van der Waals surface area contributed by atoms with Crippen molar-refractivity contribution in [2.45, 2.75) is 13.0 Å². The molecule has 3 aromatic rings. The highest BCUT2D eigenvalue weighted by Gasteiger charge is 2.10. The van der Waals surface area contributed by atoms with Gasteiger partial charge in [-0.25, -0.2) is 4.98 Å². The SMILES string of the molecule is CN=C(NCCc1cccc(C(=O)N(C)C)c1)NCc1nc(-c2ccco2)n[nH]1.I. The smallest absolute Gasteiger partial charge is 0.253 e. The van der Waals surface area contributed by atoms with Crippen molar-refractivity contribution in [2.75, 3.05) is 27.7 Å². The van der Waals surface area contributed by atoms with Crippen LogP contribution in [0.5, 0.6) is 0 Å². The van der Waals surface area contributed by atoms with Crippen LogP contribution in [0, 0.1) is 0 Å². The van der Waals surface area contributed by atoms with Gasteiger partial charge in [-0.2, -0.15) is 0 Å². The maximum absolute atomic E-state index is 12.1. The molecular formula is C20H26IN7O2. The molecule has 10 heteroatoms. The molecule has 1 aromatic carbocycles. The lowest BCUT2D eigenvalue weighted by atomic mass is 10.1. The molecule has 0 atom stereocenters. The molecule has 0 saturated heterocycles. The highest BCUT2D eigenvalue weighted by Crippen LogP contribution is 2.14. The van der Waals surface area contributed by atoms with E-state index in [1.54, 1.807) is 38.4 Å². The molecule has 3 rings (SSSR count). The van der Waals surface area contributed by atoms with Gasteiger partial charge in [0.15, 0.2) is 11.7 Å². The first-order valence-corrected chi connectivity index (χ1v) is 9.27. The number of nitrogens with one attached hydrogen (secondary N) is 3. The molecule has 0 aliphatic heterocycles. The van der Waals surface area contributed by atoms with E-state index in [4.69, 9.17) is 4.42 Å². The Labute approximate surface area is 192 Å². The van der Waals surface area contributed by atoms with Crippen LogP contribution >= 0.6 is 24.0 Å². The fraction of sp³-hybridized carbons (Fsp3) is 0.300. The summed E-state index contributed by atoms with van der Waals surface area (Å²) in [6.45, 7) is 1.12. The van der Waals surface area contributed by atoms with Gasteiger partial charge in [-0.1, -0.05) is 12.1 Å². The van der Waals surface area contributed by atoms with Crippen LogP contribution in [-0.4, -0.2) is 59.6 Å². The summed E-state index contributed by atoms with van der Waals surface area (Å²) in [4.78, 5) is 22.3. The third-order valence-electron chi connectivity index (χ3n) is 4.21. The fourth-order valence-corrected chi connectivity index (χ4v) is 2.72. The van der Waals surface area contributed by atoms with Crippen molar-refractivity contribution in [3.63, 3.8) is 0 Å². The van der Waals surface area contributed by atoms with Crippen molar-refractivity contribution < 1.29 is 9.21 Å². The van der Waals surface area contributed by atoms with E-state index in [1.165, 1.54) is 0 Å². The molecule has 9 nitrogen and oxygen atoms in total. The Balaban J connectivity index is 0.00000320. The predicted molar refractivity (Wildman–Crippen MR) is 126 cm³/mol. The third kappa shape index (κ3) is 6.31. The Hall–Kier alpha value is -2.89. The van der Waals surface area contributed by atoms with E-state index in [1.807, 2.05) is 30.3 Å². The molecular weight excluding hydrogens is 497 g/mol. The van der Waals surface area contributed by atoms with Crippen LogP contribution in [0.15, 0.2) is 52.1 Å². The number of rotatable bonds is 7. The van der Waals surface area contributed by atoms with Crippen LogP contribution in [0.25, 0.3) is 11.6 Å². The Bertz CT molecular complexity index is 967. The first-order chi connectivity index (χ1) is 14.1. The second-order valence-corrected chi connectivity index (χ2v) is 6.59. The van der Waals surface area contributed by atoms with Gasteiger partial charge in [0.2, 0.25) is 5.82 Å². The Morgan fingerprint density at radius 3 is 2.77 bits per heavy atom. The molecule has 0 bridgehead atoms. The number of H-pyrrole nitrogens is 1. The number of aromatic amines is 1. The summed E-state index contributed by atoms with van der Waals surface area (Å²) in [7, 11) is 5.21. The van der Waals surface area contributed by atoms with Gasteiger partial charge in [-0.15, -0.1) is 29.1 Å². The molecule has 1 amide bonds.